The summed E-state index contributed by atoms with van der Waals surface area (Å²) in [6.07, 6.45) is 1.89. The molecule has 6 heteroatoms. The molecule has 29 heavy (non-hydrogen) atoms. The maximum atomic E-state index is 12.8. The second-order valence-electron chi connectivity index (χ2n) is 7.16. The molecule has 0 saturated carbocycles. The van der Waals surface area contributed by atoms with E-state index >= 15 is 0 Å². The van der Waals surface area contributed by atoms with Crippen LogP contribution in [0.2, 0.25) is 0 Å². The fourth-order valence-corrected chi connectivity index (χ4v) is 3.27. The van der Waals surface area contributed by atoms with Crippen LogP contribution in [0.15, 0.2) is 48.5 Å². The lowest BCUT2D eigenvalue weighted by molar-refractivity contribution is -0.122. The van der Waals surface area contributed by atoms with Crippen molar-refractivity contribution in [1.82, 2.24) is 5.32 Å². The van der Waals surface area contributed by atoms with Crippen molar-refractivity contribution >= 4 is 17.5 Å². The zero-order valence-corrected chi connectivity index (χ0v) is 16.9. The van der Waals surface area contributed by atoms with Crippen LogP contribution < -0.4 is 15.4 Å². The number of nitrogens with one attached hydrogen (secondary N) is 2. The Bertz CT molecular complexity index is 846. The molecular weight excluding hydrogens is 368 g/mol. The highest BCUT2D eigenvalue weighted by atomic mass is 16.5. The van der Waals surface area contributed by atoms with Gasteiger partial charge in [-0.1, -0.05) is 37.3 Å². The zero-order chi connectivity index (χ0) is 20.6. The van der Waals surface area contributed by atoms with Crippen LogP contribution in [0.4, 0.5) is 5.69 Å². The maximum Gasteiger partial charge on any atom is 0.265 e. The van der Waals surface area contributed by atoms with Gasteiger partial charge in [-0.2, -0.15) is 0 Å². The monoisotopic (exact) mass is 396 g/mol. The molecule has 3 rings (SSSR count). The Labute approximate surface area is 171 Å². The largest absolute Gasteiger partial charge is 0.480 e. The van der Waals surface area contributed by atoms with Crippen molar-refractivity contribution in [2.24, 2.45) is 0 Å². The van der Waals surface area contributed by atoms with Gasteiger partial charge >= 0.3 is 0 Å². The molecule has 0 radical (unpaired) electrons. The third-order valence-electron chi connectivity index (χ3n) is 4.97. The average molecular weight is 396 g/mol. The van der Waals surface area contributed by atoms with E-state index in [0.717, 1.165) is 25.0 Å². The number of carbonyl (C=O) groups is 2. The number of rotatable bonds is 8. The van der Waals surface area contributed by atoms with Crippen molar-refractivity contribution in [2.75, 3.05) is 18.5 Å². The highest BCUT2D eigenvalue weighted by molar-refractivity contribution is 6.04. The lowest BCUT2D eigenvalue weighted by atomic mass is 10.1. The maximum absolute atomic E-state index is 12.8. The first-order chi connectivity index (χ1) is 14.1. The molecule has 1 aliphatic rings. The molecule has 2 aromatic carbocycles. The fraction of sp³-hybridized carbons (Fsp3) is 0.391. The summed E-state index contributed by atoms with van der Waals surface area (Å²) in [5, 5.41) is 5.75. The number of amides is 2. The second kappa shape index (κ2) is 10.1. The lowest BCUT2D eigenvalue weighted by Gasteiger charge is -2.19. The third-order valence-corrected chi connectivity index (χ3v) is 4.97. The van der Waals surface area contributed by atoms with Gasteiger partial charge in [0.05, 0.1) is 17.4 Å². The molecule has 0 unspecified atom stereocenters. The lowest BCUT2D eigenvalue weighted by Crippen LogP contribution is -2.35. The molecule has 6 nitrogen and oxygen atoms in total. The highest BCUT2D eigenvalue weighted by Crippen LogP contribution is 2.21. The summed E-state index contributed by atoms with van der Waals surface area (Å²) in [5.74, 6) is 0.163. The summed E-state index contributed by atoms with van der Waals surface area (Å²) in [6.45, 7) is 5.04. The van der Waals surface area contributed by atoms with Gasteiger partial charge in [-0.25, -0.2) is 0 Å². The van der Waals surface area contributed by atoms with Crippen LogP contribution in [0, 0.1) is 6.92 Å². The van der Waals surface area contributed by atoms with E-state index < -0.39 is 6.10 Å². The Kier molecular flexibility index (Phi) is 7.25. The Morgan fingerprint density at radius 2 is 1.93 bits per heavy atom. The molecule has 2 amide bonds. The van der Waals surface area contributed by atoms with Gasteiger partial charge < -0.3 is 20.1 Å². The number of carbonyl (C=O) groups excluding carboxylic acids is 2. The standard InChI is InChI=1S/C23H28N2O4/c1-3-20(29-21-13-7-4-9-16(21)2)23(27)25-19-12-6-5-11-18(19)22(26)24-15-17-10-8-14-28-17/h4-7,9,11-13,17,20H,3,8,10,14-15H2,1-2H3,(H,24,26)(H,25,27)/t17-,20-/m1/s1. The van der Waals surface area contributed by atoms with E-state index in [1.54, 1.807) is 24.3 Å². The van der Waals surface area contributed by atoms with E-state index in [1.807, 2.05) is 38.1 Å². The fourth-order valence-electron chi connectivity index (χ4n) is 3.27. The molecule has 0 aliphatic carbocycles. The summed E-state index contributed by atoms with van der Waals surface area (Å²) < 4.78 is 11.5. The van der Waals surface area contributed by atoms with E-state index in [0.29, 0.717) is 30.0 Å². The Hall–Kier alpha value is -2.86. The predicted octanol–water partition coefficient (Wildman–Crippen LogP) is 3.70. The van der Waals surface area contributed by atoms with Crippen molar-refractivity contribution in [1.29, 1.82) is 0 Å². The number of aryl methyl sites for hydroxylation is 1. The van der Waals surface area contributed by atoms with Gasteiger partial charge in [-0.15, -0.1) is 0 Å². The molecule has 1 heterocycles. The second-order valence-corrected chi connectivity index (χ2v) is 7.16. The number of ether oxygens (including phenoxy) is 2. The van der Waals surface area contributed by atoms with Crippen molar-refractivity contribution in [3.05, 3.63) is 59.7 Å². The minimum atomic E-state index is -0.654. The van der Waals surface area contributed by atoms with Crippen LogP contribution in [-0.4, -0.2) is 37.2 Å². The minimum absolute atomic E-state index is 0.0627. The first kappa shape index (κ1) is 20.9. The molecule has 0 spiro atoms. The Morgan fingerprint density at radius 3 is 2.66 bits per heavy atom. The van der Waals surface area contributed by atoms with Crippen LogP contribution in [-0.2, 0) is 9.53 Å². The van der Waals surface area contributed by atoms with E-state index in [9.17, 15) is 9.59 Å². The minimum Gasteiger partial charge on any atom is -0.480 e. The number of hydrogen-bond donors (Lipinski definition) is 2. The Morgan fingerprint density at radius 1 is 1.17 bits per heavy atom. The van der Waals surface area contributed by atoms with Gasteiger partial charge in [0.2, 0.25) is 0 Å². The first-order valence-corrected chi connectivity index (χ1v) is 10.1. The summed E-state index contributed by atoms with van der Waals surface area (Å²) in [6, 6.07) is 14.6. The van der Waals surface area contributed by atoms with E-state index in [1.165, 1.54) is 0 Å². The van der Waals surface area contributed by atoms with Crippen molar-refractivity contribution in [2.45, 2.75) is 45.3 Å². The number of para-hydroxylation sites is 2. The first-order valence-electron chi connectivity index (χ1n) is 10.1. The van der Waals surface area contributed by atoms with E-state index in [2.05, 4.69) is 10.6 Å². The molecule has 2 aromatic rings. The average Bonchev–Trinajstić information content (AvgIpc) is 3.25. The van der Waals surface area contributed by atoms with Gasteiger partial charge in [0.1, 0.15) is 5.75 Å². The predicted molar refractivity (Wildman–Crippen MR) is 112 cm³/mol. The summed E-state index contributed by atoms with van der Waals surface area (Å²) in [5.41, 5.74) is 1.85. The molecule has 0 bridgehead atoms. The van der Waals surface area contributed by atoms with Crippen molar-refractivity contribution in [3.63, 3.8) is 0 Å². The van der Waals surface area contributed by atoms with Crippen molar-refractivity contribution < 1.29 is 19.1 Å². The van der Waals surface area contributed by atoms with E-state index in [-0.39, 0.29) is 17.9 Å². The van der Waals surface area contributed by atoms with Gasteiger partial charge in [-0.3, -0.25) is 9.59 Å². The molecule has 1 fully saturated rings. The number of hydrogen-bond acceptors (Lipinski definition) is 4. The molecule has 2 N–H and O–H groups in total. The van der Waals surface area contributed by atoms with Gasteiger partial charge in [-0.05, 0) is 49.9 Å². The molecule has 0 aromatic heterocycles. The quantitative estimate of drug-likeness (QED) is 0.713. The molecule has 154 valence electrons. The highest BCUT2D eigenvalue weighted by Gasteiger charge is 2.22. The van der Waals surface area contributed by atoms with Crippen LogP contribution in [0.5, 0.6) is 5.75 Å². The van der Waals surface area contributed by atoms with Crippen LogP contribution in [0.25, 0.3) is 0 Å². The van der Waals surface area contributed by atoms with Gasteiger partial charge in [0.25, 0.3) is 11.8 Å². The molecule has 1 aliphatic heterocycles. The summed E-state index contributed by atoms with van der Waals surface area (Å²) in [4.78, 5) is 25.4. The number of anilines is 1. The SMILES string of the molecule is CC[C@@H](Oc1ccccc1C)C(=O)Nc1ccccc1C(=O)NC[C@H]1CCCO1. The van der Waals surface area contributed by atoms with Crippen LogP contribution in [0.1, 0.15) is 42.1 Å². The molecule has 1 saturated heterocycles. The zero-order valence-electron chi connectivity index (χ0n) is 16.9. The topological polar surface area (TPSA) is 76.7 Å². The van der Waals surface area contributed by atoms with E-state index in [4.69, 9.17) is 9.47 Å². The summed E-state index contributed by atoms with van der Waals surface area (Å²) >= 11 is 0. The molecular formula is C23H28N2O4. The third kappa shape index (κ3) is 5.57. The summed E-state index contributed by atoms with van der Waals surface area (Å²) in [7, 11) is 0. The normalized spacial score (nSPS) is 16.8. The number of benzene rings is 2. The van der Waals surface area contributed by atoms with Crippen LogP contribution in [0.3, 0.4) is 0 Å². The van der Waals surface area contributed by atoms with Crippen LogP contribution >= 0.6 is 0 Å². The smallest absolute Gasteiger partial charge is 0.265 e. The van der Waals surface area contributed by atoms with Crippen molar-refractivity contribution in [3.8, 4) is 5.75 Å². The Balaban J connectivity index is 1.66. The van der Waals surface area contributed by atoms with Gasteiger partial charge in [0.15, 0.2) is 6.10 Å². The molecule has 2 atom stereocenters. The van der Waals surface area contributed by atoms with Gasteiger partial charge in [0, 0.05) is 13.2 Å².